The number of ether oxygens (including phenoxy) is 1. The average Bonchev–Trinajstić information content (AvgIpc) is 2.84. The summed E-state index contributed by atoms with van der Waals surface area (Å²) < 4.78 is 71.7. The van der Waals surface area contributed by atoms with E-state index in [2.05, 4.69) is 4.72 Å². The summed E-state index contributed by atoms with van der Waals surface area (Å²) in [6.07, 6.45) is -2.48. The summed E-state index contributed by atoms with van der Waals surface area (Å²) in [6.45, 7) is 1.44. The molecule has 1 aliphatic heterocycles. The Kier molecular flexibility index (Phi) is 7.30. The molecule has 1 atom stereocenters. The van der Waals surface area contributed by atoms with Gasteiger partial charge >= 0.3 is 6.18 Å². The molecule has 10 heteroatoms. The van der Waals surface area contributed by atoms with E-state index in [1.807, 2.05) is 35.2 Å². The summed E-state index contributed by atoms with van der Waals surface area (Å²) in [4.78, 5) is 15.0. The van der Waals surface area contributed by atoms with E-state index in [1.165, 1.54) is 0 Å². The number of morpholine rings is 1. The molecular weight excluding hydrogens is 469 g/mol. The maximum absolute atomic E-state index is 13.3. The van der Waals surface area contributed by atoms with Crippen molar-refractivity contribution >= 4 is 15.9 Å². The van der Waals surface area contributed by atoms with Gasteiger partial charge in [-0.1, -0.05) is 30.3 Å². The van der Waals surface area contributed by atoms with Crippen LogP contribution < -0.4 is 4.72 Å². The molecule has 1 N–H and O–H groups in total. The highest BCUT2D eigenvalue weighted by Crippen LogP contribution is 2.33. The van der Waals surface area contributed by atoms with Crippen LogP contribution in [0.1, 0.15) is 42.9 Å². The normalized spacial score (nSPS) is 24.1. The van der Waals surface area contributed by atoms with Crippen molar-refractivity contribution in [3.05, 3.63) is 65.7 Å². The Morgan fingerprint density at radius 3 is 2.24 bits per heavy atom. The second kappa shape index (κ2) is 10.1. The molecule has 0 bridgehead atoms. The molecule has 1 saturated carbocycles. The maximum atomic E-state index is 13.3. The highest BCUT2D eigenvalue weighted by molar-refractivity contribution is 7.89. The van der Waals surface area contributed by atoms with Gasteiger partial charge < -0.3 is 9.64 Å². The molecule has 6 nitrogen and oxygen atoms in total. The van der Waals surface area contributed by atoms with Crippen molar-refractivity contribution in [3.8, 4) is 0 Å². The van der Waals surface area contributed by atoms with Crippen LogP contribution in [0.3, 0.4) is 0 Å². The lowest BCUT2D eigenvalue weighted by atomic mass is 9.85. The summed E-state index contributed by atoms with van der Waals surface area (Å²) >= 11 is 0. The van der Waals surface area contributed by atoms with Gasteiger partial charge in [-0.2, -0.15) is 13.2 Å². The van der Waals surface area contributed by atoms with E-state index in [-0.39, 0.29) is 28.8 Å². The van der Waals surface area contributed by atoms with Crippen LogP contribution in [0.25, 0.3) is 0 Å². The predicted octanol–water partition coefficient (Wildman–Crippen LogP) is 4.14. The number of nitrogens with one attached hydrogen (secondary N) is 1. The number of carbonyl (C=O) groups excluding carboxylic acids is 1. The average molecular weight is 497 g/mol. The molecule has 1 saturated heterocycles. The number of hydrogen-bond acceptors (Lipinski definition) is 4. The number of carbonyl (C=O) groups is 1. The molecule has 184 valence electrons. The van der Waals surface area contributed by atoms with E-state index >= 15 is 0 Å². The van der Waals surface area contributed by atoms with E-state index < -0.39 is 21.8 Å². The topological polar surface area (TPSA) is 75.7 Å². The molecule has 1 aliphatic carbocycles. The van der Waals surface area contributed by atoms with E-state index in [1.54, 1.807) is 0 Å². The highest BCUT2D eigenvalue weighted by atomic mass is 32.2. The summed E-state index contributed by atoms with van der Waals surface area (Å²) in [5, 5.41) is 0. The number of hydrogen-bond donors (Lipinski definition) is 1. The Balaban J connectivity index is 1.36. The third-order valence-electron chi connectivity index (χ3n) is 6.49. The zero-order valence-electron chi connectivity index (χ0n) is 18.5. The van der Waals surface area contributed by atoms with Crippen LogP contribution in [-0.4, -0.2) is 45.0 Å². The van der Waals surface area contributed by atoms with Gasteiger partial charge in [0.1, 0.15) is 0 Å². The minimum atomic E-state index is -4.53. The maximum Gasteiger partial charge on any atom is 0.416 e. The fraction of sp³-hybridized carbons (Fsp3) is 0.458. The quantitative estimate of drug-likeness (QED) is 0.675. The minimum Gasteiger partial charge on any atom is -0.377 e. The first-order chi connectivity index (χ1) is 16.1. The molecule has 2 aromatic carbocycles. The standard InChI is InChI=1S/C24H27F3N2O4S/c25-24(26,27)19-8-12-21(13-9-19)34(31,32)28-20-10-6-18(7-11-20)23(30)29-14-15-33-16-22(29)17-4-2-1-3-5-17/h1-5,8-9,12-13,18,20,22,28H,6-7,10-11,14-16H2/t18-,20-,22?. The fourth-order valence-electron chi connectivity index (χ4n) is 4.62. The number of alkyl halides is 3. The summed E-state index contributed by atoms with van der Waals surface area (Å²) in [5.41, 5.74) is 0.121. The molecule has 0 spiro atoms. The van der Waals surface area contributed by atoms with E-state index in [4.69, 9.17) is 4.74 Å². The summed E-state index contributed by atoms with van der Waals surface area (Å²) in [6, 6.07) is 12.7. The largest absolute Gasteiger partial charge is 0.416 e. The second-order valence-corrected chi connectivity index (χ2v) is 10.4. The third-order valence-corrected chi connectivity index (χ3v) is 8.02. The van der Waals surface area contributed by atoms with Crippen LogP contribution >= 0.6 is 0 Å². The van der Waals surface area contributed by atoms with Crippen LogP contribution in [0.5, 0.6) is 0 Å². The first-order valence-corrected chi connectivity index (χ1v) is 12.8. The molecule has 2 aromatic rings. The third kappa shape index (κ3) is 5.61. The number of nitrogens with zero attached hydrogens (tertiary/aromatic N) is 1. The van der Waals surface area contributed by atoms with Gasteiger partial charge in [-0.3, -0.25) is 4.79 Å². The van der Waals surface area contributed by atoms with Gasteiger partial charge in [-0.25, -0.2) is 13.1 Å². The number of rotatable bonds is 5. The van der Waals surface area contributed by atoms with Crippen molar-refractivity contribution in [2.45, 2.75) is 48.8 Å². The van der Waals surface area contributed by atoms with E-state index in [0.29, 0.717) is 45.4 Å². The number of benzene rings is 2. The Hall–Kier alpha value is -2.43. The molecule has 1 amide bonds. The molecule has 0 aromatic heterocycles. The van der Waals surface area contributed by atoms with Gasteiger partial charge in [0.05, 0.1) is 29.7 Å². The van der Waals surface area contributed by atoms with Crippen molar-refractivity contribution in [1.82, 2.24) is 9.62 Å². The minimum absolute atomic E-state index is 0.0567. The Morgan fingerprint density at radius 1 is 0.971 bits per heavy atom. The lowest BCUT2D eigenvalue weighted by Crippen LogP contribution is -2.47. The molecule has 2 fully saturated rings. The molecule has 1 heterocycles. The van der Waals surface area contributed by atoms with Gasteiger partial charge in [0, 0.05) is 18.5 Å². The second-order valence-electron chi connectivity index (χ2n) is 8.73. The van der Waals surface area contributed by atoms with Crippen molar-refractivity contribution < 1.29 is 31.1 Å². The van der Waals surface area contributed by atoms with E-state index in [9.17, 15) is 26.4 Å². The van der Waals surface area contributed by atoms with Crippen molar-refractivity contribution in [2.24, 2.45) is 5.92 Å². The predicted molar refractivity (Wildman–Crippen MR) is 119 cm³/mol. The van der Waals surface area contributed by atoms with Crippen LogP contribution in [0.2, 0.25) is 0 Å². The number of sulfonamides is 1. The Morgan fingerprint density at radius 2 is 1.62 bits per heavy atom. The van der Waals surface area contributed by atoms with Crippen molar-refractivity contribution in [3.63, 3.8) is 0 Å². The monoisotopic (exact) mass is 496 g/mol. The molecule has 4 rings (SSSR count). The van der Waals surface area contributed by atoms with Crippen molar-refractivity contribution in [2.75, 3.05) is 19.8 Å². The zero-order chi connectivity index (χ0) is 24.3. The van der Waals surface area contributed by atoms with Gasteiger partial charge in [0.2, 0.25) is 15.9 Å². The Labute approximate surface area is 197 Å². The molecule has 2 aliphatic rings. The highest BCUT2D eigenvalue weighted by Gasteiger charge is 2.36. The lowest BCUT2D eigenvalue weighted by Gasteiger charge is -2.39. The van der Waals surface area contributed by atoms with Gasteiger partial charge in [-0.05, 0) is 55.5 Å². The van der Waals surface area contributed by atoms with Crippen LogP contribution in [0, 0.1) is 5.92 Å². The molecule has 34 heavy (non-hydrogen) atoms. The summed E-state index contributed by atoms with van der Waals surface area (Å²) in [7, 11) is -3.95. The molecule has 0 radical (unpaired) electrons. The first-order valence-electron chi connectivity index (χ1n) is 11.3. The van der Waals surface area contributed by atoms with Crippen LogP contribution in [-0.2, 0) is 25.7 Å². The van der Waals surface area contributed by atoms with Crippen LogP contribution in [0.4, 0.5) is 13.2 Å². The SMILES string of the molecule is O=C([C@H]1CC[C@H](NS(=O)(=O)c2ccc(C(F)(F)F)cc2)CC1)N1CCOCC1c1ccccc1. The zero-order valence-corrected chi connectivity index (χ0v) is 19.3. The lowest BCUT2D eigenvalue weighted by molar-refractivity contribution is -0.145. The number of amides is 1. The first kappa shape index (κ1) is 24.7. The smallest absolute Gasteiger partial charge is 0.377 e. The van der Waals surface area contributed by atoms with Gasteiger partial charge in [0.25, 0.3) is 0 Å². The fourth-order valence-corrected chi connectivity index (χ4v) is 5.93. The summed E-state index contributed by atoms with van der Waals surface area (Å²) in [5.74, 6) is -0.141. The van der Waals surface area contributed by atoms with Gasteiger partial charge in [-0.15, -0.1) is 0 Å². The van der Waals surface area contributed by atoms with E-state index in [0.717, 1.165) is 29.8 Å². The number of halogens is 3. The van der Waals surface area contributed by atoms with Gasteiger partial charge in [0.15, 0.2) is 0 Å². The molecule has 1 unspecified atom stereocenters. The van der Waals surface area contributed by atoms with Crippen molar-refractivity contribution in [1.29, 1.82) is 0 Å². The Bertz CT molecular complexity index is 1080. The van der Waals surface area contributed by atoms with Crippen LogP contribution in [0.15, 0.2) is 59.5 Å². The molecular formula is C24H27F3N2O4S.